The van der Waals surface area contributed by atoms with Crippen LogP contribution in [0, 0.1) is 11.8 Å². The van der Waals surface area contributed by atoms with Gasteiger partial charge in [-0.05, 0) is 50.4 Å². The molecule has 17 heavy (non-hydrogen) atoms. The summed E-state index contributed by atoms with van der Waals surface area (Å²) < 4.78 is 0. The van der Waals surface area contributed by atoms with Crippen LogP contribution in [0.3, 0.4) is 0 Å². The van der Waals surface area contributed by atoms with E-state index in [1.807, 2.05) is 0 Å². The fraction of sp³-hybridized carbons (Fsp3) is 0.933. The van der Waals surface area contributed by atoms with Gasteiger partial charge in [0.2, 0.25) is 0 Å². The van der Waals surface area contributed by atoms with Gasteiger partial charge in [0.15, 0.2) is 0 Å². The highest BCUT2D eigenvalue weighted by atomic mass is 32.1. The molecule has 0 aromatic heterocycles. The minimum Gasteiger partial charge on any atom is -0.363 e. The molecule has 3 atom stereocenters. The van der Waals surface area contributed by atoms with Gasteiger partial charge in [-0.25, -0.2) is 0 Å². The first kappa shape index (κ1) is 13.3. The van der Waals surface area contributed by atoms with Gasteiger partial charge in [-0.3, -0.25) is 0 Å². The predicted molar refractivity (Wildman–Crippen MR) is 78.4 cm³/mol. The topological polar surface area (TPSA) is 3.24 Å². The highest BCUT2D eigenvalue weighted by molar-refractivity contribution is 7.80. The Labute approximate surface area is 112 Å². The molecule has 0 aromatic carbocycles. The van der Waals surface area contributed by atoms with Gasteiger partial charge in [-0.1, -0.05) is 38.9 Å². The van der Waals surface area contributed by atoms with Crippen LogP contribution in [0.4, 0.5) is 0 Å². The summed E-state index contributed by atoms with van der Waals surface area (Å²) in [6.07, 6.45) is 10.8. The van der Waals surface area contributed by atoms with E-state index in [9.17, 15) is 0 Å². The molecule has 98 valence electrons. The van der Waals surface area contributed by atoms with Crippen molar-refractivity contribution >= 4 is 17.2 Å². The van der Waals surface area contributed by atoms with E-state index >= 15 is 0 Å². The van der Waals surface area contributed by atoms with Crippen LogP contribution in [0.15, 0.2) is 0 Å². The Morgan fingerprint density at radius 1 is 1.24 bits per heavy atom. The minimum absolute atomic E-state index is 0.779. The highest BCUT2D eigenvalue weighted by Crippen LogP contribution is 2.39. The molecular formula is C15H27NS. The van der Waals surface area contributed by atoms with Crippen molar-refractivity contribution in [3.63, 3.8) is 0 Å². The van der Waals surface area contributed by atoms with E-state index in [4.69, 9.17) is 12.2 Å². The Hall–Kier alpha value is -0.110. The third-order valence-electron chi connectivity index (χ3n) is 4.70. The molecule has 1 heterocycles. The van der Waals surface area contributed by atoms with Gasteiger partial charge in [0.1, 0.15) is 0 Å². The number of unbranched alkanes of at least 4 members (excludes halogenated alkanes) is 1. The van der Waals surface area contributed by atoms with Crippen LogP contribution in [0.2, 0.25) is 0 Å². The lowest BCUT2D eigenvalue weighted by atomic mass is 9.73. The van der Waals surface area contributed by atoms with Crippen molar-refractivity contribution in [2.45, 2.75) is 71.3 Å². The maximum absolute atomic E-state index is 5.69. The van der Waals surface area contributed by atoms with Crippen molar-refractivity contribution in [1.29, 1.82) is 0 Å². The van der Waals surface area contributed by atoms with Crippen molar-refractivity contribution in [1.82, 2.24) is 4.90 Å². The van der Waals surface area contributed by atoms with E-state index in [0.717, 1.165) is 24.3 Å². The summed E-state index contributed by atoms with van der Waals surface area (Å²) >= 11 is 5.69. The molecule has 2 heteroatoms. The van der Waals surface area contributed by atoms with E-state index in [0.29, 0.717) is 0 Å². The molecule has 2 aliphatic rings. The SMILES string of the molecule is CCCCC(=S)N1CCCC2CCCC(C)C21. The molecular weight excluding hydrogens is 226 g/mol. The number of hydrogen-bond donors (Lipinski definition) is 0. The van der Waals surface area contributed by atoms with Gasteiger partial charge >= 0.3 is 0 Å². The van der Waals surface area contributed by atoms with E-state index in [2.05, 4.69) is 18.7 Å². The minimum atomic E-state index is 0.779. The van der Waals surface area contributed by atoms with E-state index < -0.39 is 0 Å². The Kier molecular flexibility index (Phi) is 4.84. The number of piperidine rings is 1. The highest BCUT2D eigenvalue weighted by Gasteiger charge is 2.38. The summed E-state index contributed by atoms with van der Waals surface area (Å²) in [7, 11) is 0. The van der Waals surface area contributed by atoms with Crippen LogP contribution < -0.4 is 0 Å². The average molecular weight is 253 g/mol. The first-order valence-corrected chi connectivity index (χ1v) is 7.94. The Bertz CT molecular complexity index is 262. The molecule has 1 aliphatic heterocycles. The fourth-order valence-electron chi connectivity index (χ4n) is 3.82. The van der Waals surface area contributed by atoms with Crippen LogP contribution >= 0.6 is 12.2 Å². The van der Waals surface area contributed by atoms with E-state index in [1.54, 1.807) is 0 Å². The number of hydrogen-bond acceptors (Lipinski definition) is 1. The average Bonchev–Trinajstić information content (AvgIpc) is 2.35. The van der Waals surface area contributed by atoms with Gasteiger partial charge in [-0.15, -0.1) is 0 Å². The normalized spacial score (nSPS) is 33.3. The zero-order chi connectivity index (χ0) is 12.3. The molecule has 0 N–H and O–H groups in total. The summed E-state index contributed by atoms with van der Waals surface area (Å²) in [5.74, 6) is 1.79. The molecule has 2 fully saturated rings. The lowest BCUT2D eigenvalue weighted by Gasteiger charge is -2.48. The molecule has 1 saturated carbocycles. The second kappa shape index (κ2) is 6.17. The molecule has 0 spiro atoms. The van der Waals surface area contributed by atoms with Gasteiger partial charge in [-0.2, -0.15) is 0 Å². The number of thiocarbonyl (C=S) groups is 1. The van der Waals surface area contributed by atoms with Crippen molar-refractivity contribution in [3.05, 3.63) is 0 Å². The molecule has 0 aromatic rings. The summed E-state index contributed by atoms with van der Waals surface area (Å²) in [5, 5.41) is 0. The summed E-state index contributed by atoms with van der Waals surface area (Å²) in [6.45, 7) is 5.93. The molecule has 1 aliphatic carbocycles. The van der Waals surface area contributed by atoms with Crippen LogP contribution in [-0.2, 0) is 0 Å². The van der Waals surface area contributed by atoms with Crippen molar-refractivity contribution in [2.24, 2.45) is 11.8 Å². The second-order valence-electron chi connectivity index (χ2n) is 5.99. The summed E-state index contributed by atoms with van der Waals surface area (Å²) in [4.78, 5) is 3.87. The van der Waals surface area contributed by atoms with Crippen LogP contribution in [-0.4, -0.2) is 22.5 Å². The van der Waals surface area contributed by atoms with Gasteiger partial charge in [0.05, 0.1) is 4.99 Å². The maximum atomic E-state index is 5.69. The first-order chi connectivity index (χ1) is 8.24. The monoisotopic (exact) mass is 253 g/mol. The lowest BCUT2D eigenvalue weighted by Crippen LogP contribution is -2.52. The van der Waals surface area contributed by atoms with Crippen molar-refractivity contribution in [2.75, 3.05) is 6.54 Å². The van der Waals surface area contributed by atoms with Gasteiger partial charge in [0.25, 0.3) is 0 Å². The van der Waals surface area contributed by atoms with Crippen LogP contribution in [0.25, 0.3) is 0 Å². The number of likely N-dealkylation sites (tertiary alicyclic amines) is 1. The van der Waals surface area contributed by atoms with Crippen molar-refractivity contribution in [3.8, 4) is 0 Å². The molecule has 1 nitrogen and oxygen atoms in total. The molecule has 0 amide bonds. The van der Waals surface area contributed by atoms with Gasteiger partial charge < -0.3 is 4.90 Å². The third kappa shape index (κ3) is 3.01. The zero-order valence-corrected chi connectivity index (χ0v) is 12.3. The lowest BCUT2D eigenvalue weighted by molar-refractivity contribution is 0.0757. The number of nitrogens with zero attached hydrogens (tertiary/aromatic N) is 1. The number of fused-ring (bicyclic) bond motifs is 1. The molecule has 0 bridgehead atoms. The summed E-state index contributed by atoms with van der Waals surface area (Å²) in [6, 6.07) is 0.779. The Morgan fingerprint density at radius 2 is 2.00 bits per heavy atom. The first-order valence-electron chi connectivity index (χ1n) is 7.53. The third-order valence-corrected chi connectivity index (χ3v) is 5.14. The molecule has 2 rings (SSSR count). The fourth-order valence-corrected chi connectivity index (χ4v) is 4.18. The number of rotatable bonds is 3. The van der Waals surface area contributed by atoms with Crippen molar-refractivity contribution < 1.29 is 0 Å². The standard InChI is InChI=1S/C15H27NS/c1-3-4-10-14(17)16-11-6-9-13-8-5-7-12(2)15(13)16/h12-13,15H,3-11H2,1-2H3. The maximum Gasteiger partial charge on any atom is 0.0781 e. The molecule has 1 saturated heterocycles. The van der Waals surface area contributed by atoms with Gasteiger partial charge in [0, 0.05) is 12.6 Å². The van der Waals surface area contributed by atoms with E-state index in [1.165, 1.54) is 56.5 Å². The largest absolute Gasteiger partial charge is 0.363 e. The molecule has 0 radical (unpaired) electrons. The van der Waals surface area contributed by atoms with E-state index in [-0.39, 0.29) is 0 Å². The summed E-state index contributed by atoms with van der Waals surface area (Å²) in [5.41, 5.74) is 0. The quantitative estimate of drug-likeness (QED) is 0.686. The second-order valence-corrected chi connectivity index (χ2v) is 6.46. The zero-order valence-electron chi connectivity index (χ0n) is 11.5. The van der Waals surface area contributed by atoms with Crippen LogP contribution in [0.1, 0.15) is 65.2 Å². The Morgan fingerprint density at radius 3 is 2.76 bits per heavy atom. The molecule has 3 unspecified atom stereocenters. The Balaban J connectivity index is 2.01. The smallest absolute Gasteiger partial charge is 0.0781 e. The predicted octanol–water partition coefficient (Wildman–Crippen LogP) is 4.40. The van der Waals surface area contributed by atoms with Crippen LogP contribution in [0.5, 0.6) is 0 Å².